The first kappa shape index (κ1) is 24.0. The molecule has 2 aromatic rings. The normalized spacial score (nSPS) is 25.4. The minimum absolute atomic E-state index is 0.0420. The molecule has 186 valence electrons. The van der Waals surface area contributed by atoms with Crippen LogP contribution in [0.3, 0.4) is 0 Å². The van der Waals surface area contributed by atoms with Crippen molar-refractivity contribution in [3.63, 3.8) is 0 Å². The summed E-state index contributed by atoms with van der Waals surface area (Å²) in [5.41, 5.74) is 1.45. The number of carbonyl (C=O) groups is 3. The summed E-state index contributed by atoms with van der Waals surface area (Å²) < 4.78 is 0. The van der Waals surface area contributed by atoms with Crippen molar-refractivity contribution in [3.8, 4) is 16.9 Å². The minimum Gasteiger partial charge on any atom is -0.511 e. The predicted octanol–water partition coefficient (Wildman–Crippen LogP) is 4.22. The fourth-order valence-corrected chi connectivity index (χ4v) is 6.22. The number of phenols is 1. The average Bonchev–Trinajstić information content (AvgIpc) is 2.80. The van der Waals surface area contributed by atoms with Crippen LogP contribution >= 0.6 is 0 Å². The highest BCUT2D eigenvalue weighted by atomic mass is 16.3. The van der Waals surface area contributed by atoms with E-state index in [0.717, 1.165) is 35.6 Å². The van der Waals surface area contributed by atoms with Gasteiger partial charge in [0.2, 0.25) is 5.78 Å². The van der Waals surface area contributed by atoms with Crippen LogP contribution < -0.4 is 0 Å². The SMILES string of the molecule is CCc1cc(C)cc(-c2ccc(O)c3c2C[C@@H]2C[C@@H]4CC(O)=C(C(C)=O)C(=O)[C@]4(O)C(O)=C2C3=O)c1. The Morgan fingerprint density at radius 2 is 1.81 bits per heavy atom. The Morgan fingerprint density at radius 1 is 1.08 bits per heavy atom. The quantitative estimate of drug-likeness (QED) is 0.476. The third-order valence-corrected chi connectivity index (χ3v) is 7.91. The molecular formula is C29H28O7. The van der Waals surface area contributed by atoms with Crippen LogP contribution in [-0.4, -0.2) is 43.4 Å². The number of allylic oxidation sites excluding steroid dienone is 2. The van der Waals surface area contributed by atoms with Crippen molar-refractivity contribution in [1.29, 1.82) is 0 Å². The number of benzene rings is 2. The number of aliphatic hydroxyl groups excluding tert-OH is 2. The van der Waals surface area contributed by atoms with Gasteiger partial charge in [-0.3, -0.25) is 14.4 Å². The van der Waals surface area contributed by atoms with Crippen molar-refractivity contribution in [2.45, 2.75) is 52.1 Å². The molecule has 0 spiro atoms. The number of aryl methyl sites for hydroxylation is 2. The molecular weight excluding hydrogens is 460 g/mol. The van der Waals surface area contributed by atoms with E-state index in [0.29, 0.717) is 12.0 Å². The molecule has 0 saturated heterocycles. The maximum absolute atomic E-state index is 13.7. The highest BCUT2D eigenvalue weighted by molar-refractivity contribution is 6.25. The maximum Gasteiger partial charge on any atom is 0.209 e. The standard InChI is InChI=1S/C29H28O7/c1-4-15-7-13(2)8-16(9-15)19-5-6-21(31)25-20(19)11-17-10-18-12-22(32)23(14(3)30)27(34)29(18,36)28(35)24(17)26(25)33/h5-9,17-18,31-32,35-36H,4,10-12H2,1-3H3/t17-,18+,29-/m0/s1. The van der Waals surface area contributed by atoms with Gasteiger partial charge in [0.1, 0.15) is 22.8 Å². The second-order valence-electron chi connectivity index (χ2n) is 10.1. The number of hydrogen-bond acceptors (Lipinski definition) is 7. The molecule has 5 rings (SSSR count). The molecule has 0 unspecified atom stereocenters. The summed E-state index contributed by atoms with van der Waals surface area (Å²) in [5.74, 6) is -5.35. The Kier molecular flexibility index (Phi) is 5.45. The van der Waals surface area contributed by atoms with Crippen LogP contribution in [-0.2, 0) is 22.4 Å². The Morgan fingerprint density at radius 3 is 2.47 bits per heavy atom. The summed E-state index contributed by atoms with van der Waals surface area (Å²) in [6, 6.07) is 9.39. The summed E-state index contributed by atoms with van der Waals surface area (Å²) >= 11 is 0. The molecule has 3 aliphatic carbocycles. The van der Waals surface area contributed by atoms with Crippen molar-refractivity contribution in [3.05, 3.63) is 75.3 Å². The van der Waals surface area contributed by atoms with Gasteiger partial charge in [0.15, 0.2) is 17.2 Å². The summed E-state index contributed by atoms with van der Waals surface area (Å²) in [7, 11) is 0. The zero-order valence-electron chi connectivity index (χ0n) is 20.4. The van der Waals surface area contributed by atoms with Gasteiger partial charge in [-0.15, -0.1) is 0 Å². The smallest absolute Gasteiger partial charge is 0.209 e. The monoisotopic (exact) mass is 488 g/mol. The number of carbonyl (C=O) groups excluding carboxylic acids is 3. The van der Waals surface area contributed by atoms with Crippen LogP contribution in [0.25, 0.3) is 11.1 Å². The lowest BCUT2D eigenvalue weighted by molar-refractivity contribution is -0.144. The fourth-order valence-electron chi connectivity index (χ4n) is 6.22. The zero-order valence-corrected chi connectivity index (χ0v) is 20.4. The third-order valence-electron chi connectivity index (χ3n) is 7.91. The van der Waals surface area contributed by atoms with Gasteiger partial charge in [0, 0.05) is 17.9 Å². The Labute approximate surface area is 208 Å². The molecule has 0 saturated carbocycles. The first-order valence-corrected chi connectivity index (χ1v) is 12.1. The van der Waals surface area contributed by atoms with E-state index in [1.165, 1.54) is 6.07 Å². The van der Waals surface area contributed by atoms with Gasteiger partial charge in [-0.25, -0.2) is 0 Å². The number of aliphatic hydroxyl groups is 3. The van der Waals surface area contributed by atoms with Crippen LogP contribution in [0.2, 0.25) is 0 Å². The second-order valence-corrected chi connectivity index (χ2v) is 10.1. The number of aromatic hydroxyl groups is 1. The van der Waals surface area contributed by atoms with E-state index in [4.69, 9.17) is 0 Å². The lowest BCUT2D eigenvalue weighted by Gasteiger charge is -2.45. The Hall–Kier alpha value is -3.71. The third kappa shape index (κ3) is 3.26. The lowest BCUT2D eigenvalue weighted by atomic mass is 9.60. The van der Waals surface area contributed by atoms with Crippen molar-refractivity contribution in [1.82, 2.24) is 0 Å². The second kappa shape index (κ2) is 8.17. The Bertz CT molecular complexity index is 1430. The molecule has 3 aliphatic rings. The van der Waals surface area contributed by atoms with Crippen LogP contribution in [0, 0.1) is 18.8 Å². The van der Waals surface area contributed by atoms with E-state index in [2.05, 4.69) is 19.1 Å². The van der Waals surface area contributed by atoms with E-state index in [1.54, 1.807) is 6.07 Å². The minimum atomic E-state index is -2.48. The van der Waals surface area contributed by atoms with Gasteiger partial charge >= 0.3 is 0 Å². The molecule has 0 aromatic heterocycles. The van der Waals surface area contributed by atoms with E-state index in [-0.39, 0.29) is 29.7 Å². The van der Waals surface area contributed by atoms with Crippen LogP contribution in [0.15, 0.2) is 53.0 Å². The molecule has 7 nitrogen and oxygen atoms in total. The number of ketones is 3. The van der Waals surface area contributed by atoms with Crippen molar-refractivity contribution >= 4 is 17.3 Å². The molecule has 0 radical (unpaired) electrons. The lowest BCUT2D eigenvalue weighted by Crippen LogP contribution is -2.56. The van der Waals surface area contributed by atoms with Crippen LogP contribution in [0.1, 0.15) is 53.7 Å². The molecule has 4 N–H and O–H groups in total. The fraction of sp³-hybridized carbons (Fsp3) is 0.345. The maximum atomic E-state index is 13.7. The first-order chi connectivity index (χ1) is 17.0. The summed E-state index contributed by atoms with van der Waals surface area (Å²) in [6.45, 7) is 5.15. The highest BCUT2D eigenvalue weighted by Crippen LogP contribution is 2.52. The van der Waals surface area contributed by atoms with Gasteiger partial charge in [0.05, 0.1) is 5.56 Å². The van der Waals surface area contributed by atoms with E-state index in [9.17, 15) is 34.8 Å². The van der Waals surface area contributed by atoms with Crippen molar-refractivity contribution in [2.75, 3.05) is 0 Å². The van der Waals surface area contributed by atoms with E-state index in [1.807, 2.05) is 13.0 Å². The first-order valence-electron chi connectivity index (χ1n) is 12.1. The molecule has 3 atom stereocenters. The summed E-state index contributed by atoms with van der Waals surface area (Å²) in [6.07, 6.45) is 1.11. The van der Waals surface area contributed by atoms with Crippen LogP contribution in [0.4, 0.5) is 0 Å². The van der Waals surface area contributed by atoms with Crippen molar-refractivity contribution < 1.29 is 34.8 Å². The highest BCUT2D eigenvalue weighted by Gasteiger charge is 2.59. The molecule has 0 amide bonds. The molecule has 36 heavy (non-hydrogen) atoms. The van der Waals surface area contributed by atoms with E-state index >= 15 is 0 Å². The number of phenolic OH excluding ortho intramolecular Hbond substituents is 1. The van der Waals surface area contributed by atoms with E-state index < -0.39 is 51.9 Å². The van der Waals surface area contributed by atoms with Gasteiger partial charge in [-0.1, -0.05) is 36.8 Å². The predicted molar refractivity (Wildman–Crippen MR) is 132 cm³/mol. The molecule has 0 fully saturated rings. The van der Waals surface area contributed by atoms with Gasteiger partial charge in [-0.05, 0) is 67.3 Å². The Balaban J connectivity index is 1.69. The largest absolute Gasteiger partial charge is 0.511 e. The number of fused-ring (bicyclic) bond motifs is 3. The number of hydrogen-bond donors (Lipinski definition) is 4. The van der Waals surface area contributed by atoms with Crippen LogP contribution in [0.5, 0.6) is 5.75 Å². The molecule has 2 aromatic carbocycles. The van der Waals surface area contributed by atoms with Gasteiger partial charge < -0.3 is 20.4 Å². The topological polar surface area (TPSA) is 132 Å². The van der Waals surface area contributed by atoms with Crippen molar-refractivity contribution in [2.24, 2.45) is 11.8 Å². The zero-order chi connectivity index (χ0) is 26.1. The molecule has 0 aliphatic heterocycles. The number of Topliss-reactive ketones (excluding diaryl/α,β-unsaturated/α-hetero) is 3. The van der Waals surface area contributed by atoms with Gasteiger partial charge in [0.25, 0.3) is 0 Å². The molecule has 0 heterocycles. The molecule has 0 bridgehead atoms. The molecule has 7 heteroatoms. The average molecular weight is 489 g/mol. The summed E-state index contributed by atoms with van der Waals surface area (Å²) in [4.78, 5) is 38.8. The number of rotatable bonds is 3. The summed E-state index contributed by atoms with van der Waals surface area (Å²) in [5, 5.41) is 43.7. The van der Waals surface area contributed by atoms with Gasteiger partial charge in [-0.2, -0.15) is 0 Å².